The second-order valence-corrected chi connectivity index (χ2v) is 4.76. The van der Waals surface area contributed by atoms with Crippen molar-refractivity contribution in [3.63, 3.8) is 0 Å². The maximum Gasteiger partial charge on any atom is 0.275 e. The van der Waals surface area contributed by atoms with Gasteiger partial charge in [-0.2, -0.15) is 0 Å². The van der Waals surface area contributed by atoms with Gasteiger partial charge in [-0.05, 0) is 6.07 Å². The summed E-state index contributed by atoms with van der Waals surface area (Å²) in [5.74, 6) is -0.486. The molecular formula is C13H17NO3. The van der Waals surface area contributed by atoms with E-state index in [4.69, 9.17) is 0 Å². The average Bonchev–Trinajstić information content (AvgIpc) is 2.27. The largest absolute Gasteiger partial charge is 0.294 e. The third-order valence-electron chi connectivity index (χ3n) is 2.29. The Kier molecular flexibility index (Phi) is 4.02. The molecule has 1 amide bonds. The van der Waals surface area contributed by atoms with Crippen molar-refractivity contribution in [2.75, 3.05) is 7.11 Å². The van der Waals surface area contributed by atoms with Crippen LogP contribution in [0, 0.1) is 5.41 Å². The van der Waals surface area contributed by atoms with Gasteiger partial charge in [-0.3, -0.25) is 14.4 Å². The highest BCUT2D eigenvalue weighted by Gasteiger charge is 2.26. The maximum atomic E-state index is 12.2. The van der Waals surface area contributed by atoms with Gasteiger partial charge in [-0.1, -0.05) is 39.0 Å². The van der Waals surface area contributed by atoms with Gasteiger partial charge in [-0.25, -0.2) is 5.48 Å². The Hall–Kier alpha value is -1.68. The second-order valence-electron chi connectivity index (χ2n) is 4.76. The zero-order chi connectivity index (χ0) is 13.1. The van der Waals surface area contributed by atoms with Crippen LogP contribution in [0.15, 0.2) is 24.3 Å². The number of carbonyl (C=O) groups excluding carboxylic acids is 2. The summed E-state index contributed by atoms with van der Waals surface area (Å²) in [7, 11) is 1.35. The van der Waals surface area contributed by atoms with E-state index >= 15 is 0 Å². The van der Waals surface area contributed by atoms with Crippen LogP contribution >= 0.6 is 0 Å². The Balaban J connectivity index is 3.17. The van der Waals surface area contributed by atoms with E-state index in [-0.39, 0.29) is 5.78 Å². The van der Waals surface area contributed by atoms with Crippen molar-refractivity contribution >= 4 is 11.7 Å². The molecule has 0 spiro atoms. The Morgan fingerprint density at radius 1 is 1.12 bits per heavy atom. The number of hydroxylamine groups is 1. The molecule has 0 unspecified atom stereocenters. The molecule has 0 heterocycles. The molecule has 0 radical (unpaired) electrons. The topological polar surface area (TPSA) is 55.4 Å². The Labute approximate surface area is 101 Å². The van der Waals surface area contributed by atoms with Crippen LogP contribution in [0.2, 0.25) is 0 Å². The van der Waals surface area contributed by atoms with Gasteiger partial charge in [-0.15, -0.1) is 0 Å². The van der Waals surface area contributed by atoms with Gasteiger partial charge in [0.15, 0.2) is 5.78 Å². The molecule has 0 saturated heterocycles. The van der Waals surface area contributed by atoms with Crippen LogP contribution in [-0.2, 0) is 4.84 Å². The minimum absolute atomic E-state index is 0.0700. The Bertz CT molecular complexity index is 433. The van der Waals surface area contributed by atoms with E-state index in [1.165, 1.54) is 7.11 Å². The molecule has 0 aliphatic heterocycles. The fraction of sp³-hybridized carbons (Fsp3) is 0.385. The van der Waals surface area contributed by atoms with E-state index in [0.29, 0.717) is 11.1 Å². The molecule has 1 aromatic rings. The molecule has 0 atom stereocenters. The van der Waals surface area contributed by atoms with Gasteiger partial charge in [0.1, 0.15) is 0 Å². The molecule has 0 aromatic heterocycles. The summed E-state index contributed by atoms with van der Waals surface area (Å²) in [6.07, 6.45) is 0. The molecule has 4 nitrogen and oxygen atoms in total. The highest BCUT2D eigenvalue weighted by atomic mass is 16.6. The number of carbonyl (C=O) groups is 2. The van der Waals surface area contributed by atoms with Crippen molar-refractivity contribution in [1.82, 2.24) is 5.48 Å². The molecule has 1 N–H and O–H groups in total. The van der Waals surface area contributed by atoms with Crippen LogP contribution in [0.5, 0.6) is 0 Å². The van der Waals surface area contributed by atoms with Crippen LogP contribution in [-0.4, -0.2) is 18.8 Å². The summed E-state index contributed by atoms with van der Waals surface area (Å²) in [6, 6.07) is 6.71. The first-order chi connectivity index (χ1) is 7.88. The number of ketones is 1. The van der Waals surface area contributed by atoms with Crippen molar-refractivity contribution in [3.8, 4) is 0 Å². The minimum Gasteiger partial charge on any atom is -0.294 e. The standard InChI is InChI=1S/C13H17NO3/c1-13(2,3)11(15)9-7-5-6-8-10(9)12(16)14-17-4/h5-8H,1-4H3,(H,14,16). The number of rotatable bonds is 3. The van der Waals surface area contributed by atoms with Gasteiger partial charge in [0, 0.05) is 11.0 Å². The quantitative estimate of drug-likeness (QED) is 0.645. The van der Waals surface area contributed by atoms with Gasteiger partial charge in [0.05, 0.1) is 12.7 Å². The van der Waals surface area contributed by atoms with Crippen LogP contribution in [0.4, 0.5) is 0 Å². The zero-order valence-electron chi connectivity index (χ0n) is 10.5. The first-order valence-electron chi connectivity index (χ1n) is 5.35. The predicted octanol–water partition coefficient (Wildman–Crippen LogP) is 2.21. The SMILES string of the molecule is CONC(=O)c1ccccc1C(=O)C(C)(C)C. The summed E-state index contributed by atoms with van der Waals surface area (Å²) in [4.78, 5) is 28.5. The fourth-order valence-corrected chi connectivity index (χ4v) is 1.43. The summed E-state index contributed by atoms with van der Waals surface area (Å²) in [5.41, 5.74) is 2.43. The maximum absolute atomic E-state index is 12.2. The number of Topliss-reactive ketones (excluding diaryl/α,β-unsaturated/α-hetero) is 1. The summed E-state index contributed by atoms with van der Waals surface area (Å²) >= 11 is 0. The number of amides is 1. The molecule has 0 bridgehead atoms. The molecule has 4 heteroatoms. The zero-order valence-corrected chi connectivity index (χ0v) is 10.5. The molecule has 0 saturated carbocycles. The van der Waals surface area contributed by atoms with E-state index in [9.17, 15) is 9.59 Å². The Morgan fingerprint density at radius 3 is 2.12 bits per heavy atom. The van der Waals surface area contributed by atoms with Crippen molar-refractivity contribution < 1.29 is 14.4 Å². The normalized spacial score (nSPS) is 11.1. The van der Waals surface area contributed by atoms with E-state index in [1.54, 1.807) is 24.3 Å². The molecule has 0 aliphatic rings. The highest BCUT2D eigenvalue weighted by Crippen LogP contribution is 2.23. The van der Waals surface area contributed by atoms with Crippen molar-refractivity contribution in [2.45, 2.75) is 20.8 Å². The van der Waals surface area contributed by atoms with Crippen molar-refractivity contribution in [1.29, 1.82) is 0 Å². The van der Waals surface area contributed by atoms with Crippen molar-refractivity contribution in [2.24, 2.45) is 5.41 Å². The molecule has 1 rings (SSSR count). The summed E-state index contributed by atoms with van der Waals surface area (Å²) in [6.45, 7) is 5.46. The van der Waals surface area contributed by atoms with Gasteiger partial charge in [0.2, 0.25) is 0 Å². The van der Waals surface area contributed by atoms with Crippen LogP contribution < -0.4 is 5.48 Å². The molecular weight excluding hydrogens is 218 g/mol. The second kappa shape index (κ2) is 5.10. The molecule has 1 aromatic carbocycles. The molecule has 17 heavy (non-hydrogen) atoms. The first-order valence-corrected chi connectivity index (χ1v) is 5.35. The minimum atomic E-state index is -0.524. The summed E-state index contributed by atoms with van der Waals surface area (Å²) in [5, 5.41) is 0. The monoisotopic (exact) mass is 235 g/mol. The van der Waals surface area contributed by atoms with Crippen LogP contribution in [0.25, 0.3) is 0 Å². The van der Waals surface area contributed by atoms with Crippen molar-refractivity contribution in [3.05, 3.63) is 35.4 Å². The van der Waals surface area contributed by atoms with E-state index < -0.39 is 11.3 Å². The molecule has 92 valence electrons. The number of nitrogens with one attached hydrogen (secondary N) is 1. The smallest absolute Gasteiger partial charge is 0.275 e. The van der Waals surface area contributed by atoms with Crippen LogP contribution in [0.3, 0.4) is 0 Å². The highest BCUT2D eigenvalue weighted by molar-refractivity contribution is 6.09. The molecule has 0 aliphatic carbocycles. The lowest BCUT2D eigenvalue weighted by molar-refractivity contribution is 0.0534. The third-order valence-corrected chi connectivity index (χ3v) is 2.29. The number of hydrogen-bond acceptors (Lipinski definition) is 3. The lowest BCUT2D eigenvalue weighted by Gasteiger charge is -2.18. The van der Waals surface area contributed by atoms with Gasteiger partial charge < -0.3 is 0 Å². The Morgan fingerprint density at radius 2 is 1.65 bits per heavy atom. The predicted molar refractivity (Wildman–Crippen MR) is 64.7 cm³/mol. The first kappa shape index (κ1) is 13.4. The van der Waals surface area contributed by atoms with E-state index in [1.807, 2.05) is 20.8 Å². The average molecular weight is 235 g/mol. The third kappa shape index (κ3) is 3.14. The van der Waals surface area contributed by atoms with Crippen LogP contribution in [0.1, 0.15) is 41.5 Å². The van der Waals surface area contributed by atoms with E-state index in [2.05, 4.69) is 10.3 Å². The van der Waals surface area contributed by atoms with E-state index in [0.717, 1.165) is 0 Å². The molecule has 0 fully saturated rings. The van der Waals surface area contributed by atoms with Gasteiger partial charge in [0.25, 0.3) is 5.91 Å². The fourth-order valence-electron chi connectivity index (χ4n) is 1.43. The lowest BCUT2D eigenvalue weighted by atomic mass is 9.84. The summed E-state index contributed by atoms with van der Waals surface area (Å²) < 4.78 is 0. The number of benzene rings is 1. The number of hydrogen-bond donors (Lipinski definition) is 1. The lowest BCUT2D eigenvalue weighted by Crippen LogP contribution is -2.27. The van der Waals surface area contributed by atoms with Gasteiger partial charge >= 0.3 is 0 Å².